The zero-order chi connectivity index (χ0) is 18.2. The van der Waals surface area contributed by atoms with Crippen LogP contribution in [-0.2, 0) is 0 Å². The summed E-state index contributed by atoms with van der Waals surface area (Å²) >= 11 is 0. The number of likely N-dealkylation sites (tertiary alicyclic amines) is 1. The molecular weight excluding hydrogens is 324 g/mol. The van der Waals surface area contributed by atoms with E-state index in [1.807, 2.05) is 35.2 Å². The molecule has 1 aromatic rings. The molecule has 4 heteroatoms. The quantitative estimate of drug-likeness (QED) is 0.832. The molecule has 1 heterocycles. The lowest BCUT2D eigenvalue weighted by molar-refractivity contribution is 0.0663. The fourth-order valence-electron chi connectivity index (χ4n) is 4.43. The third-order valence-corrected chi connectivity index (χ3v) is 6.18. The minimum absolute atomic E-state index is 0.0831. The third kappa shape index (κ3) is 5.47. The number of nitrogens with one attached hydrogen (secondary N) is 1. The van der Waals surface area contributed by atoms with Crippen molar-refractivity contribution in [3.8, 4) is 0 Å². The Bertz CT molecular complexity index is 532. The molecule has 0 radical (unpaired) electrons. The summed E-state index contributed by atoms with van der Waals surface area (Å²) in [6.45, 7) is 2.31. The van der Waals surface area contributed by atoms with Gasteiger partial charge in [-0.05, 0) is 43.1 Å². The monoisotopic (exact) mass is 358 g/mol. The van der Waals surface area contributed by atoms with Gasteiger partial charge in [-0.15, -0.1) is 0 Å². The van der Waals surface area contributed by atoms with Crippen LogP contribution in [0.3, 0.4) is 0 Å². The van der Waals surface area contributed by atoms with Crippen LogP contribution < -0.4 is 5.32 Å². The minimum atomic E-state index is -0.420. The van der Waals surface area contributed by atoms with Crippen LogP contribution in [0, 0.1) is 11.8 Å². The molecular formula is C22H34N2O2. The fraction of sp³-hybridized carbons (Fsp3) is 0.682. The van der Waals surface area contributed by atoms with E-state index in [9.17, 15) is 9.90 Å². The highest BCUT2D eigenvalue weighted by Crippen LogP contribution is 2.30. The van der Waals surface area contributed by atoms with E-state index in [0.717, 1.165) is 38.0 Å². The van der Waals surface area contributed by atoms with Gasteiger partial charge in [0, 0.05) is 19.6 Å². The summed E-state index contributed by atoms with van der Waals surface area (Å²) in [6, 6.07) is 9.96. The highest BCUT2D eigenvalue weighted by Gasteiger charge is 2.28. The predicted molar refractivity (Wildman–Crippen MR) is 105 cm³/mol. The number of carbonyl (C=O) groups is 1. The summed E-state index contributed by atoms with van der Waals surface area (Å²) < 4.78 is 0. The average molecular weight is 359 g/mol. The van der Waals surface area contributed by atoms with E-state index in [4.69, 9.17) is 0 Å². The third-order valence-electron chi connectivity index (χ3n) is 6.18. The summed E-state index contributed by atoms with van der Waals surface area (Å²) in [6.07, 6.45) is 10.5. The Balaban J connectivity index is 1.40. The largest absolute Gasteiger partial charge is 0.388 e. The van der Waals surface area contributed by atoms with Gasteiger partial charge in [0.25, 0.3) is 0 Å². The molecule has 144 valence electrons. The molecule has 4 nitrogen and oxygen atoms in total. The molecule has 2 aliphatic rings. The van der Waals surface area contributed by atoms with E-state index in [0.29, 0.717) is 5.92 Å². The number of piperidine rings is 1. The number of aliphatic hydroxyl groups excluding tert-OH is 1. The summed E-state index contributed by atoms with van der Waals surface area (Å²) in [5.74, 6) is 0.892. The number of aliphatic hydroxyl groups is 1. The van der Waals surface area contributed by atoms with Crippen LogP contribution in [0.25, 0.3) is 0 Å². The summed E-state index contributed by atoms with van der Waals surface area (Å²) in [4.78, 5) is 14.4. The average Bonchev–Trinajstić information content (AvgIpc) is 2.67. The molecule has 1 aliphatic heterocycles. The highest BCUT2D eigenvalue weighted by molar-refractivity contribution is 5.74. The number of carbonyl (C=O) groups excluding carboxylic acids is 1. The van der Waals surface area contributed by atoms with Crippen LogP contribution in [0.5, 0.6) is 0 Å². The molecule has 2 amide bonds. The molecule has 0 aromatic heterocycles. The van der Waals surface area contributed by atoms with Crippen LogP contribution in [0.1, 0.15) is 69.5 Å². The Labute approximate surface area is 158 Å². The second kappa shape index (κ2) is 9.96. The Morgan fingerprint density at radius 2 is 1.62 bits per heavy atom. The molecule has 2 N–H and O–H groups in total. The summed E-state index contributed by atoms with van der Waals surface area (Å²) in [5, 5.41) is 13.7. The maximum absolute atomic E-state index is 12.5. The van der Waals surface area contributed by atoms with Gasteiger partial charge in [0.2, 0.25) is 0 Å². The molecule has 0 unspecified atom stereocenters. The van der Waals surface area contributed by atoms with E-state index in [-0.39, 0.29) is 11.9 Å². The molecule has 26 heavy (non-hydrogen) atoms. The van der Waals surface area contributed by atoms with Crippen molar-refractivity contribution < 1.29 is 9.90 Å². The summed E-state index contributed by atoms with van der Waals surface area (Å²) in [5.41, 5.74) is 0.986. The van der Waals surface area contributed by atoms with Crippen molar-refractivity contribution in [2.45, 2.75) is 63.9 Å². The molecule has 1 aromatic carbocycles. The smallest absolute Gasteiger partial charge is 0.317 e. The molecule has 1 aliphatic carbocycles. The first-order valence-corrected chi connectivity index (χ1v) is 10.5. The van der Waals surface area contributed by atoms with E-state index in [1.165, 1.54) is 44.9 Å². The fourth-order valence-corrected chi connectivity index (χ4v) is 4.43. The second-order valence-electron chi connectivity index (χ2n) is 8.08. The number of rotatable bonds is 4. The zero-order valence-electron chi connectivity index (χ0n) is 15.9. The van der Waals surface area contributed by atoms with E-state index in [1.54, 1.807) is 0 Å². The highest BCUT2D eigenvalue weighted by atomic mass is 16.3. The van der Waals surface area contributed by atoms with Gasteiger partial charge in [0.1, 0.15) is 0 Å². The number of amides is 2. The van der Waals surface area contributed by atoms with Gasteiger partial charge in [-0.1, -0.05) is 62.4 Å². The second-order valence-corrected chi connectivity index (χ2v) is 8.08. The lowest BCUT2D eigenvalue weighted by Gasteiger charge is -2.34. The maximum atomic E-state index is 12.5. The van der Waals surface area contributed by atoms with Gasteiger partial charge >= 0.3 is 6.03 Å². The Morgan fingerprint density at radius 1 is 1.00 bits per heavy atom. The number of hydrogen-bond donors (Lipinski definition) is 2. The molecule has 1 saturated carbocycles. The van der Waals surface area contributed by atoms with Gasteiger partial charge in [-0.25, -0.2) is 4.79 Å². The Morgan fingerprint density at radius 3 is 2.27 bits per heavy atom. The van der Waals surface area contributed by atoms with Crippen molar-refractivity contribution >= 4 is 6.03 Å². The summed E-state index contributed by atoms with van der Waals surface area (Å²) in [7, 11) is 0. The standard InChI is InChI=1S/C22H34N2O2/c25-21(19-11-7-4-8-12-19)20-13-15-24(16-14-20)22(26)23-17-18-9-5-2-1-3-6-10-18/h4,7-8,11-12,18,20-21,25H,1-3,5-6,9-10,13-17H2,(H,23,26)/t21-/m0/s1. The van der Waals surface area contributed by atoms with Crippen LogP contribution in [0.15, 0.2) is 30.3 Å². The zero-order valence-corrected chi connectivity index (χ0v) is 15.9. The first-order valence-electron chi connectivity index (χ1n) is 10.5. The van der Waals surface area contributed by atoms with Crippen molar-refractivity contribution in [1.82, 2.24) is 10.2 Å². The minimum Gasteiger partial charge on any atom is -0.388 e. The molecule has 0 bridgehead atoms. The number of urea groups is 1. The van der Waals surface area contributed by atoms with E-state index >= 15 is 0 Å². The van der Waals surface area contributed by atoms with Crippen molar-refractivity contribution in [1.29, 1.82) is 0 Å². The number of benzene rings is 1. The normalized spacial score (nSPS) is 21.7. The first kappa shape index (κ1) is 19.2. The van der Waals surface area contributed by atoms with Crippen LogP contribution in [-0.4, -0.2) is 35.7 Å². The molecule has 1 atom stereocenters. The van der Waals surface area contributed by atoms with E-state index in [2.05, 4.69) is 5.32 Å². The lowest BCUT2D eigenvalue weighted by Crippen LogP contribution is -2.46. The maximum Gasteiger partial charge on any atom is 0.317 e. The molecule has 3 rings (SSSR count). The van der Waals surface area contributed by atoms with Gasteiger partial charge in [-0.2, -0.15) is 0 Å². The molecule has 0 spiro atoms. The topological polar surface area (TPSA) is 52.6 Å². The predicted octanol–water partition coefficient (Wildman–Crippen LogP) is 4.50. The first-order chi connectivity index (χ1) is 12.7. The Hall–Kier alpha value is -1.55. The van der Waals surface area contributed by atoms with Gasteiger partial charge in [0.15, 0.2) is 0 Å². The number of nitrogens with zero attached hydrogens (tertiary/aromatic N) is 1. The van der Waals surface area contributed by atoms with Gasteiger partial charge in [0.05, 0.1) is 6.10 Å². The van der Waals surface area contributed by atoms with Crippen molar-refractivity contribution in [3.05, 3.63) is 35.9 Å². The molecule has 1 saturated heterocycles. The van der Waals surface area contributed by atoms with Crippen LogP contribution >= 0.6 is 0 Å². The Kier molecular flexibility index (Phi) is 7.36. The lowest BCUT2D eigenvalue weighted by atomic mass is 9.87. The van der Waals surface area contributed by atoms with E-state index < -0.39 is 6.10 Å². The SMILES string of the molecule is O=C(NCC1CCCCCCC1)N1CCC([C@@H](O)c2ccccc2)CC1. The molecule has 2 fully saturated rings. The van der Waals surface area contributed by atoms with Gasteiger partial charge in [-0.3, -0.25) is 0 Å². The van der Waals surface area contributed by atoms with Gasteiger partial charge < -0.3 is 15.3 Å². The number of hydrogen-bond acceptors (Lipinski definition) is 2. The van der Waals surface area contributed by atoms with Crippen molar-refractivity contribution in [3.63, 3.8) is 0 Å². The van der Waals surface area contributed by atoms with Crippen molar-refractivity contribution in [2.75, 3.05) is 19.6 Å². The van der Waals surface area contributed by atoms with Crippen molar-refractivity contribution in [2.24, 2.45) is 11.8 Å². The van der Waals surface area contributed by atoms with Crippen LogP contribution in [0.4, 0.5) is 4.79 Å². The van der Waals surface area contributed by atoms with Crippen LogP contribution in [0.2, 0.25) is 0 Å².